The average Bonchev–Trinajstić information content (AvgIpc) is 3.31. The van der Waals surface area contributed by atoms with Crippen molar-refractivity contribution < 1.29 is 4.79 Å². The lowest BCUT2D eigenvalue weighted by Gasteiger charge is -2.34. The van der Waals surface area contributed by atoms with E-state index in [1.54, 1.807) is 24.5 Å². The summed E-state index contributed by atoms with van der Waals surface area (Å²) in [4.78, 5) is 28.0. The molecule has 3 aromatic rings. The Hall–Kier alpha value is -3.07. The number of aryl methyl sites for hydroxylation is 2. The highest BCUT2D eigenvalue weighted by Gasteiger charge is 2.28. The summed E-state index contributed by atoms with van der Waals surface area (Å²) in [5.41, 5.74) is 3.88. The Bertz CT molecular complexity index is 1060. The van der Waals surface area contributed by atoms with E-state index in [4.69, 9.17) is 4.98 Å². The van der Waals surface area contributed by atoms with Gasteiger partial charge in [0, 0.05) is 48.7 Å². The van der Waals surface area contributed by atoms with Crippen LogP contribution < -0.4 is 5.32 Å². The number of piperidine rings is 1. The van der Waals surface area contributed by atoms with Crippen molar-refractivity contribution in [2.45, 2.75) is 39.2 Å². The van der Waals surface area contributed by atoms with Crippen molar-refractivity contribution in [3.05, 3.63) is 52.6 Å². The zero-order chi connectivity index (χ0) is 21.1. The van der Waals surface area contributed by atoms with E-state index in [0.717, 1.165) is 53.6 Å². The van der Waals surface area contributed by atoms with Crippen LogP contribution in [0.2, 0.25) is 0 Å². The van der Waals surface area contributed by atoms with Crippen LogP contribution in [0.15, 0.2) is 29.9 Å². The number of carbonyl (C=O) groups is 1. The first-order chi connectivity index (χ1) is 14.5. The molecule has 156 valence electrons. The molecule has 9 heteroatoms. The lowest BCUT2D eigenvalue weighted by molar-refractivity contribution is -0.129. The Labute approximate surface area is 179 Å². The fourth-order valence-electron chi connectivity index (χ4n) is 3.74. The van der Waals surface area contributed by atoms with Crippen molar-refractivity contribution in [1.29, 1.82) is 0 Å². The maximum Gasteiger partial charge on any atom is 0.247 e. The monoisotopic (exact) mass is 423 g/mol. The van der Waals surface area contributed by atoms with E-state index in [0.29, 0.717) is 5.95 Å². The molecule has 0 aromatic carbocycles. The molecule has 1 aliphatic rings. The highest BCUT2D eigenvalue weighted by atomic mass is 32.1. The van der Waals surface area contributed by atoms with Crippen LogP contribution in [0.3, 0.4) is 0 Å². The highest BCUT2D eigenvalue weighted by molar-refractivity contribution is 7.13. The van der Waals surface area contributed by atoms with E-state index in [1.165, 1.54) is 11.3 Å². The predicted octanol–water partition coefficient (Wildman–Crippen LogP) is 3.79. The van der Waals surface area contributed by atoms with Crippen molar-refractivity contribution >= 4 is 34.4 Å². The van der Waals surface area contributed by atoms with E-state index < -0.39 is 0 Å². The van der Waals surface area contributed by atoms with Crippen LogP contribution in [0.5, 0.6) is 0 Å². The van der Waals surface area contributed by atoms with Crippen LogP contribution in [-0.4, -0.2) is 42.1 Å². The number of anilines is 2. The molecular formula is C21H25N7OS. The van der Waals surface area contributed by atoms with Gasteiger partial charge in [0.2, 0.25) is 11.9 Å². The Kier molecular flexibility index (Phi) is 5.89. The van der Waals surface area contributed by atoms with Crippen molar-refractivity contribution in [2.75, 3.05) is 11.9 Å². The van der Waals surface area contributed by atoms with Crippen molar-refractivity contribution in [3.63, 3.8) is 0 Å². The van der Waals surface area contributed by atoms with E-state index in [2.05, 4.69) is 20.4 Å². The number of nitrogens with zero attached hydrogens (tertiary/aromatic N) is 6. The van der Waals surface area contributed by atoms with Gasteiger partial charge >= 0.3 is 0 Å². The molecule has 1 atom stereocenters. The molecule has 0 spiro atoms. The Morgan fingerprint density at radius 2 is 2.07 bits per heavy atom. The van der Waals surface area contributed by atoms with Gasteiger partial charge in [-0.05, 0) is 45.3 Å². The second-order valence-electron chi connectivity index (χ2n) is 7.36. The van der Waals surface area contributed by atoms with E-state index in [9.17, 15) is 4.79 Å². The van der Waals surface area contributed by atoms with Gasteiger partial charge in [-0.25, -0.2) is 15.0 Å². The third-order valence-electron chi connectivity index (χ3n) is 5.39. The maximum atomic E-state index is 13.0. The normalized spacial score (nSPS) is 16.9. The number of nitrogens with one attached hydrogen (secondary N) is 1. The average molecular weight is 424 g/mol. The van der Waals surface area contributed by atoms with Crippen molar-refractivity contribution in [2.24, 2.45) is 7.05 Å². The lowest BCUT2D eigenvalue weighted by Crippen LogP contribution is -2.37. The van der Waals surface area contributed by atoms with Gasteiger partial charge < -0.3 is 10.2 Å². The topological polar surface area (TPSA) is 88.8 Å². The largest absolute Gasteiger partial charge is 0.331 e. The van der Waals surface area contributed by atoms with Crippen LogP contribution in [0.1, 0.15) is 47.9 Å². The number of rotatable bonds is 5. The summed E-state index contributed by atoms with van der Waals surface area (Å²) in [7, 11) is 1.91. The molecule has 3 aromatic heterocycles. The minimum atomic E-state index is -0.0181. The fraction of sp³-hybridized carbons (Fsp3) is 0.381. The molecule has 4 heterocycles. The smallest absolute Gasteiger partial charge is 0.247 e. The summed E-state index contributed by atoms with van der Waals surface area (Å²) in [5.74, 6) is 0.524. The first kappa shape index (κ1) is 20.2. The summed E-state index contributed by atoms with van der Waals surface area (Å²) >= 11 is 1.50. The van der Waals surface area contributed by atoms with Crippen LogP contribution in [-0.2, 0) is 11.8 Å². The van der Waals surface area contributed by atoms with Gasteiger partial charge in [0.25, 0.3) is 0 Å². The fourth-order valence-corrected chi connectivity index (χ4v) is 4.49. The summed E-state index contributed by atoms with van der Waals surface area (Å²) in [6.45, 7) is 4.70. The second-order valence-corrected chi connectivity index (χ2v) is 8.22. The molecule has 1 fully saturated rings. The molecule has 0 bridgehead atoms. The van der Waals surface area contributed by atoms with Crippen molar-refractivity contribution in [3.8, 4) is 0 Å². The van der Waals surface area contributed by atoms with Gasteiger partial charge in [0.1, 0.15) is 0 Å². The van der Waals surface area contributed by atoms with Gasteiger partial charge in [-0.2, -0.15) is 5.10 Å². The summed E-state index contributed by atoms with van der Waals surface area (Å²) in [6, 6.07) is 1.75. The molecule has 1 aliphatic heterocycles. The first-order valence-electron chi connectivity index (χ1n) is 10.0. The second kappa shape index (κ2) is 8.74. The molecule has 8 nitrogen and oxygen atoms in total. The molecule has 0 aliphatic carbocycles. The van der Waals surface area contributed by atoms with Crippen LogP contribution in [0.25, 0.3) is 6.08 Å². The first-order valence-corrected chi connectivity index (χ1v) is 10.9. The molecule has 1 amide bonds. The van der Waals surface area contributed by atoms with Gasteiger partial charge in [-0.1, -0.05) is 0 Å². The molecule has 0 radical (unpaired) electrons. The van der Waals surface area contributed by atoms with Gasteiger partial charge in [-0.15, -0.1) is 11.3 Å². The standard InChI is InChI=1S/C21H25N7OS/c1-14-16(15(2)27(3)26-14)8-9-19(29)28-12-5-4-7-18(28)17-13-30-21(24-17)25-20-22-10-6-11-23-20/h6,8-11,13,18H,4-5,7,12H2,1-3H3,(H,22,23,24,25)/b9-8+/t18-/m0/s1. The third kappa shape index (κ3) is 4.25. The number of aromatic nitrogens is 5. The van der Waals surface area contributed by atoms with Gasteiger partial charge in [0.15, 0.2) is 5.13 Å². The van der Waals surface area contributed by atoms with Crippen LogP contribution in [0.4, 0.5) is 11.1 Å². The van der Waals surface area contributed by atoms with E-state index in [-0.39, 0.29) is 11.9 Å². The van der Waals surface area contributed by atoms with E-state index in [1.807, 2.05) is 41.9 Å². The minimum absolute atomic E-state index is 0.0104. The zero-order valence-electron chi connectivity index (χ0n) is 17.4. The Balaban J connectivity index is 1.50. The van der Waals surface area contributed by atoms with Crippen LogP contribution in [0, 0.1) is 13.8 Å². The number of likely N-dealkylation sites (tertiary alicyclic amines) is 1. The highest BCUT2D eigenvalue weighted by Crippen LogP contribution is 2.33. The summed E-state index contributed by atoms with van der Waals surface area (Å²) in [5, 5.41) is 10.3. The molecular weight excluding hydrogens is 398 g/mol. The number of carbonyl (C=O) groups excluding carboxylic acids is 1. The quantitative estimate of drug-likeness (QED) is 0.628. The minimum Gasteiger partial charge on any atom is -0.331 e. The maximum absolute atomic E-state index is 13.0. The molecule has 30 heavy (non-hydrogen) atoms. The van der Waals surface area contributed by atoms with E-state index >= 15 is 0 Å². The van der Waals surface area contributed by atoms with Gasteiger partial charge in [-0.3, -0.25) is 9.48 Å². The summed E-state index contributed by atoms with van der Waals surface area (Å²) < 4.78 is 1.84. The predicted molar refractivity (Wildman–Crippen MR) is 117 cm³/mol. The Morgan fingerprint density at radius 3 is 2.80 bits per heavy atom. The lowest BCUT2D eigenvalue weighted by atomic mass is 9.99. The molecule has 1 N–H and O–H groups in total. The molecule has 0 saturated carbocycles. The van der Waals surface area contributed by atoms with Crippen LogP contribution >= 0.6 is 11.3 Å². The zero-order valence-corrected chi connectivity index (χ0v) is 18.2. The Morgan fingerprint density at radius 1 is 1.27 bits per heavy atom. The molecule has 4 rings (SSSR count). The molecule has 0 unspecified atom stereocenters. The molecule has 1 saturated heterocycles. The number of hydrogen-bond donors (Lipinski definition) is 1. The van der Waals surface area contributed by atoms with Gasteiger partial charge in [0.05, 0.1) is 17.4 Å². The SMILES string of the molecule is Cc1nn(C)c(C)c1/C=C/C(=O)N1CCCC[C@H]1c1csc(Nc2ncccn2)n1. The third-order valence-corrected chi connectivity index (χ3v) is 6.17. The number of thiazole rings is 1. The number of amides is 1. The van der Waals surface area contributed by atoms with Crippen molar-refractivity contribution in [1.82, 2.24) is 29.6 Å². The summed E-state index contributed by atoms with van der Waals surface area (Å²) in [6.07, 6.45) is 9.92. The number of hydrogen-bond acceptors (Lipinski definition) is 7.